The minimum Gasteiger partial charge on any atom is -0.206 e. The maximum atomic E-state index is 12.2. The Labute approximate surface area is 109 Å². The standard InChI is InChI=1S/C10H14BrNO2S2/c1-8-7-12(5-4-9(8)11)16(13,14)10-3-2-6-15-10/h2-3,6,8-9H,4-5,7H2,1H3. The van der Waals surface area contributed by atoms with Gasteiger partial charge >= 0.3 is 0 Å². The van der Waals surface area contributed by atoms with Crippen molar-refractivity contribution in [1.82, 2.24) is 4.31 Å². The molecule has 1 aromatic heterocycles. The van der Waals surface area contributed by atoms with Gasteiger partial charge in [0.25, 0.3) is 10.0 Å². The van der Waals surface area contributed by atoms with E-state index in [-0.39, 0.29) is 0 Å². The zero-order chi connectivity index (χ0) is 11.8. The van der Waals surface area contributed by atoms with Crippen LogP contribution in [0, 0.1) is 5.92 Å². The van der Waals surface area contributed by atoms with Crippen LogP contribution in [0.5, 0.6) is 0 Å². The molecule has 0 aromatic carbocycles. The Morgan fingerprint density at radius 3 is 2.88 bits per heavy atom. The molecule has 0 radical (unpaired) electrons. The van der Waals surface area contributed by atoms with Gasteiger partial charge in [0.15, 0.2) is 0 Å². The average Bonchev–Trinajstić information content (AvgIpc) is 2.75. The smallest absolute Gasteiger partial charge is 0.206 e. The minimum absolute atomic E-state index is 0.364. The van der Waals surface area contributed by atoms with E-state index in [1.54, 1.807) is 21.8 Å². The van der Waals surface area contributed by atoms with Crippen LogP contribution in [-0.2, 0) is 10.0 Å². The number of hydrogen-bond donors (Lipinski definition) is 0. The van der Waals surface area contributed by atoms with Crippen LogP contribution in [-0.4, -0.2) is 30.6 Å². The van der Waals surface area contributed by atoms with Gasteiger partial charge in [0, 0.05) is 17.9 Å². The first-order valence-electron chi connectivity index (χ1n) is 5.19. The lowest BCUT2D eigenvalue weighted by Crippen LogP contribution is -2.42. The van der Waals surface area contributed by atoms with Gasteiger partial charge in [-0.05, 0) is 23.8 Å². The summed E-state index contributed by atoms with van der Waals surface area (Å²) in [5.41, 5.74) is 0. The highest BCUT2D eigenvalue weighted by molar-refractivity contribution is 9.09. The average molecular weight is 324 g/mol. The quantitative estimate of drug-likeness (QED) is 0.784. The molecule has 0 amide bonds. The number of hydrogen-bond acceptors (Lipinski definition) is 3. The van der Waals surface area contributed by atoms with Gasteiger partial charge in [0.2, 0.25) is 0 Å². The van der Waals surface area contributed by atoms with Gasteiger partial charge in [0.1, 0.15) is 4.21 Å². The molecule has 1 aliphatic heterocycles. The first-order chi connectivity index (χ1) is 7.51. The number of thiophene rings is 1. The second-order valence-electron chi connectivity index (χ2n) is 4.08. The molecule has 2 atom stereocenters. The summed E-state index contributed by atoms with van der Waals surface area (Å²) in [6, 6.07) is 3.45. The molecule has 16 heavy (non-hydrogen) atoms. The van der Waals surface area contributed by atoms with Gasteiger partial charge < -0.3 is 0 Å². The van der Waals surface area contributed by atoms with Crippen molar-refractivity contribution in [3.8, 4) is 0 Å². The number of alkyl halides is 1. The van der Waals surface area contributed by atoms with E-state index in [9.17, 15) is 8.42 Å². The summed E-state index contributed by atoms with van der Waals surface area (Å²) < 4.78 is 26.5. The van der Waals surface area contributed by atoms with Gasteiger partial charge in [-0.3, -0.25) is 0 Å². The van der Waals surface area contributed by atoms with E-state index in [2.05, 4.69) is 22.9 Å². The highest BCUT2D eigenvalue weighted by Gasteiger charge is 2.32. The molecule has 2 unspecified atom stereocenters. The topological polar surface area (TPSA) is 37.4 Å². The van der Waals surface area contributed by atoms with Crippen LogP contribution in [0.25, 0.3) is 0 Å². The second kappa shape index (κ2) is 4.76. The fourth-order valence-electron chi connectivity index (χ4n) is 1.83. The number of rotatable bonds is 2. The molecule has 1 saturated heterocycles. The van der Waals surface area contributed by atoms with Crippen LogP contribution >= 0.6 is 27.3 Å². The molecule has 0 N–H and O–H groups in total. The lowest BCUT2D eigenvalue weighted by atomic mass is 10.0. The summed E-state index contributed by atoms with van der Waals surface area (Å²) >= 11 is 4.86. The molecular weight excluding hydrogens is 310 g/mol. The van der Waals surface area contributed by atoms with Crippen LogP contribution < -0.4 is 0 Å². The first kappa shape index (κ1) is 12.5. The van der Waals surface area contributed by atoms with Crippen LogP contribution in [0.1, 0.15) is 13.3 Å². The Hall–Kier alpha value is 0.0900. The molecule has 0 bridgehead atoms. The Balaban J connectivity index is 2.20. The first-order valence-corrected chi connectivity index (χ1v) is 8.43. The fraction of sp³-hybridized carbons (Fsp3) is 0.600. The zero-order valence-electron chi connectivity index (χ0n) is 8.97. The van der Waals surface area contributed by atoms with Crippen LogP contribution in [0.3, 0.4) is 0 Å². The van der Waals surface area contributed by atoms with Crippen molar-refractivity contribution in [2.75, 3.05) is 13.1 Å². The Kier molecular flexibility index (Phi) is 3.73. The summed E-state index contributed by atoms with van der Waals surface area (Å²) in [6.45, 7) is 3.30. The molecule has 1 fully saturated rings. The molecule has 3 nitrogen and oxygen atoms in total. The van der Waals surface area contributed by atoms with Crippen LogP contribution in [0.4, 0.5) is 0 Å². The molecule has 2 heterocycles. The molecule has 2 rings (SSSR count). The van der Waals surface area contributed by atoms with E-state index in [1.165, 1.54) is 11.3 Å². The third-order valence-electron chi connectivity index (χ3n) is 2.85. The molecule has 6 heteroatoms. The number of piperidine rings is 1. The SMILES string of the molecule is CC1CN(S(=O)(=O)c2cccs2)CCC1Br. The van der Waals surface area contributed by atoms with E-state index in [0.29, 0.717) is 28.0 Å². The lowest BCUT2D eigenvalue weighted by Gasteiger charge is -2.33. The highest BCUT2D eigenvalue weighted by Crippen LogP contribution is 2.29. The van der Waals surface area contributed by atoms with E-state index >= 15 is 0 Å². The Morgan fingerprint density at radius 2 is 2.31 bits per heavy atom. The normalized spacial score (nSPS) is 28.1. The monoisotopic (exact) mass is 323 g/mol. The Morgan fingerprint density at radius 1 is 1.56 bits per heavy atom. The molecule has 1 aromatic rings. The maximum absolute atomic E-state index is 12.2. The summed E-state index contributed by atoms with van der Waals surface area (Å²) in [5, 5.41) is 1.80. The van der Waals surface area contributed by atoms with Gasteiger partial charge in [-0.15, -0.1) is 11.3 Å². The van der Waals surface area contributed by atoms with E-state index in [0.717, 1.165) is 6.42 Å². The minimum atomic E-state index is -3.24. The van der Waals surface area contributed by atoms with E-state index in [4.69, 9.17) is 0 Å². The van der Waals surface area contributed by atoms with Crippen molar-refractivity contribution in [3.63, 3.8) is 0 Å². The molecule has 1 aliphatic rings. The van der Waals surface area contributed by atoms with E-state index < -0.39 is 10.0 Å². The summed E-state index contributed by atoms with van der Waals surface area (Å²) in [5.74, 6) is 0.364. The molecule has 0 spiro atoms. The maximum Gasteiger partial charge on any atom is 0.252 e. The molecule has 90 valence electrons. The van der Waals surface area contributed by atoms with Gasteiger partial charge in [-0.2, -0.15) is 4.31 Å². The van der Waals surface area contributed by atoms with Crippen molar-refractivity contribution < 1.29 is 8.42 Å². The summed E-state index contributed by atoms with van der Waals surface area (Å²) in [7, 11) is -3.24. The fourth-order valence-corrected chi connectivity index (χ4v) is 4.91. The Bertz CT molecular complexity index is 443. The highest BCUT2D eigenvalue weighted by atomic mass is 79.9. The van der Waals surface area contributed by atoms with Crippen LogP contribution in [0.2, 0.25) is 0 Å². The number of nitrogens with zero attached hydrogens (tertiary/aromatic N) is 1. The second-order valence-corrected chi connectivity index (χ2v) is 8.37. The van der Waals surface area contributed by atoms with E-state index in [1.807, 2.05) is 0 Å². The molecule has 0 aliphatic carbocycles. The van der Waals surface area contributed by atoms with Gasteiger partial charge in [-0.25, -0.2) is 8.42 Å². The zero-order valence-corrected chi connectivity index (χ0v) is 12.2. The molecular formula is C10H14BrNO2S2. The van der Waals surface area contributed by atoms with Gasteiger partial charge in [0.05, 0.1) is 0 Å². The van der Waals surface area contributed by atoms with Crippen LogP contribution in [0.15, 0.2) is 21.7 Å². The van der Waals surface area contributed by atoms with Crippen molar-refractivity contribution >= 4 is 37.3 Å². The van der Waals surface area contributed by atoms with Crippen molar-refractivity contribution in [1.29, 1.82) is 0 Å². The van der Waals surface area contributed by atoms with Gasteiger partial charge in [-0.1, -0.05) is 28.9 Å². The molecule has 0 saturated carbocycles. The van der Waals surface area contributed by atoms with Crippen molar-refractivity contribution in [2.45, 2.75) is 22.4 Å². The predicted octanol–water partition coefficient (Wildman–Crippen LogP) is 2.54. The summed E-state index contributed by atoms with van der Waals surface area (Å²) in [6.07, 6.45) is 0.881. The third kappa shape index (κ3) is 2.34. The number of halogens is 1. The third-order valence-corrected chi connectivity index (χ3v) is 7.45. The predicted molar refractivity (Wildman–Crippen MR) is 69.6 cm³/mol. The lowest BCUT2D eigenvalue weighted by molar-refractivity contribution is 0.292. The largest absolute Gasteiger partial charge is 0.252 e. The summed E-state index contributed by atoms with van der Waals surface area (Å²) in [4.78, 5) is 0.433. The van der Waals surface area contributed by atoms with Crippen molar-refractivity contribution in [3.05, 3.63) is 17.5 Å². The van der Waals surface area contributed by atoms with Crippen molar-refractivity contribution in [2.24, 2.45) is 5.92 Å². The number of sulfonamides is 1.